The molecule has 0 fully saturated rings. The molecule has 0 amide bonds. The molecule has 0 spiro atoms. The predicted octanol–water partition coefficient (Wildman–Crippen LogP) is 1.78. The van der Waals surface area contributed by atoms with E-state index in [9.17, 15) is 4.79 Å². The molecule has 0 unspecified atom stereocenters. The van der Waals surface area contributed by atoms with Crippen LogP contribution in [0.5, 0.6) is 5.75 Å². The van der Waals surface area contributed by atoms with Crippen molar-refractivity contribution in [3.63, 3.8) is 0 Å². The topological polar surface area (TPSA) is 44.1 Å². The van der Waals surface area contributed by atoms with Crippen LogP contribution in [0.3, 0.4) is 0 Å². The fraction of sp³-hybridized carbons (Fsp3) is 0.286. The predicted molar refractivity (Wildman–Crippen MR) is 68.6 cm³/mol. The van der Waals surface area contributed by atoms with Crippen LogP contribution in [0.2, 0.25) is 0 Å². The lowest BCUT2D eigenvalue weighted by Gasteiger charge is -2.04. The third-order valence-corrected chi connectivity index (χ3v) is 2.81. The second-order valence-electron chi connectivity index (χ2n) is 4.20. The molecule has 0 aliphatic rings. The molecule has 1 aromatic heterocycles. The number of methoxy groups -OCH3 is 1. The van der Waals surface area contributed by atoms with Crippen LogP contribution in [-0.2, 0) is 24.7 Å². The number of hydrogen-bond acceptors (Lipinski definition) is 3. The van der Waals surface area contributed by atoms with Gasteiger partial charge in [0.2, 0.25) is 0 Å². The highest BCUT2D eigenvalue weighted by molar-refractivity contribution is 5.82. The van der Waals surface area contributed by atoms with Gasteiger partial charge in [-0.15, -0.1) is 0 Å². The van der Waals surface area contributed by atoms with Gasteiger partial charge >= 0.3 is 0 Å². The molecule has 94 valence electrons. The maximum absolute atomic E-state index is 11.9. The Labute approximate surface area is 106 Å². The largest absolute Gasteiger partial charge is 0.497 e. The van der Waals surface area contributed by atoms with Crippen molar-refractivity contribution >= 4 is 5.78 Å². The second-order valence-corrected chi connectivity index (χ2v) is 4.20. The first-order valence-electron chi connectivity index (χ1n) is 5.80. The maximum Gasteiger partial charge on any atom is 0.144 e. The Balaban J connectivity index is 2.01. The quantitative estimate of drug-likeness (QED) is 0.805. The third kappa shape index (κ3) is 2.97. The van der Waals surface area contributed by atoms with Crippen molar-refractivity contribution in [2.24, 2.45) is 7.05 Å². The summed E-state index contributed by atoms with van der Waals surface area (Å²) in [7, 11) is 3.51. The minimum absolute atomic E-state index is 0.151. The Morgan fingerprint density at radius 1 is 1.39 bits per heavy atom. The minimum atomic E-state index is 0.151. The van der Waals surface area contributed by atoms with Gasteiger partial charge in [0.25, 0.3) is 0 Å². The molecule has 0 aliphatic carbocycles. The van der Waals surface area contributed by atoms with Crippen molar-refractivity contribution < 1.29 is 9.53 Å². The summed E-state index contributed by atoms with van der Waals surface area (Å²) < 4.78 is 7.00. The molecule has 1 heterocycles. The Hall–Kier alpha value is -2.10. The van der Waals surface area contributed by atoms with Crippen LogP contribution in [0.25, 0.3) is 0 Å². The van der Waals surface area contributed by atoms with E-state index in [0.717, 1.165) is 17.1 Å². The molecule has 0 bridgehead atoms. The van der Waals surface area contributed by atoms with Crippen molar-refractivity contribution in [2.45, 2.75) is 12.8 Å². The van der Waals surface area contributed by atoms with Crippen molar-refractivity contribution in [1.82, 2.24) is 9.55 Å². The third-order valence-electron chi connectivity index (χ3n) is 2.81. The summed E-state index contributed by atoms with van der Waals surface area (Å²) >= 11 is 0. The minimum Gasteiger partial charge on any atom is -0.497 e. The van der Waals surface area contributed by atoms with Gasteiger partial charge in [0.1, 0.15) is 17.4 Å². The van der Waals surface area contributed by atoms with Crippen molar-refractivity contribution in [3.05, 3.63) is 48.0 Å². The number of carbonyl (C=O) groups is 1. The Bertz CT molecular complexity index is 546. The summed E-state index contributed by atoms with van der Waals surface area (Å²) in [5.41, 5.74) is 0.966. The van der Waals surface area contributed by atoms with Crippen molar-refractivity contribution in [1.29, 1.82) is 0 Å². The van der Waals surface area contributed by atoms with Crippen LogP contribution in [0.15, 0.2) is 36.7 Å². The highest BCUT2D eigenvalue weighted by Crippen LogP contribution is 2.13. The maximum atomic E-state index is 11.9. The number of ketones is 1. The van der Waals surface area contributed by atoms with E-state index in [1.807, 2.05) is 42.1 Å². The molecular formula is C14H16N2O2. The summed E-state index contributed by atoms with van der Waals surface area (Å²) in [5, 5.41) is 0. The number of benzene rings is 1. The van der Waals surface area contributed by atoms with E-state index in [1.54, 1.807) is 13.3 Å². The molecule has 4 heteroatoms. The van der Waals surface area contributed by atoms with E-state index in [-0.39, 0.29) is 5.78 Å². The van der Waals surface area contributed by atoms with E-state index in [0.29, 0.717) is 12.8 Å². The number of aryl methyl sites for hydroxylation is 1. The van der Waals surface area contributed by atoms with Crippen LogP contribution in [0.4, 0.5) is 0 Å². The fourth-order valence-corrected chi connectivity index (χ4v) is 1.82. The normalized spacial score (nSPS) is 10.3. The summed E-state index contributed by atoms with van der Waals surface area (Å²) in [6.45, 7) is 0. The second kappa shape index (κ2) is 5.49. The summed E-state index contributed by atoms with van der Waals surface area (Å²) in [6, 6.07) is 7.57. The first kappa shape index (κ1) is 12.4. The first-order chi connectivity index (χ1) is 8.69. The zero-order valence-electron chi connectivity index (χ0n) is 10.6. The zero-order chi connectivity index (χ0) is 13.0. The highest BCUT2D eigenvalue weighted by Gasteiger charge is 2.09. The van der Waals surface area contributed by atoms with E-state index < -0.39 is 0 Å². The van der Waals surface area contributed by atoms with Gasteiger partial charge in [0.15, 0.2) is 0 Å². The molecule has 0 aliphatic heterocycles. The van der Waals surface area contributed by atoms with Gasteiger partial charge in [-0.3, -0.25) is 4.79 Å². The monoisotopic (exact) mass is 244 g/mol. The average molecular weight is 244 g/mol. The van der Waals surface area contributed by atoms with E-state index in [4.69, 9.17) is 4.74 Å². The van der Waals surface area contributed by atoms with Crippen molar-refractivity contribution in [2.75, 3.05) is 7.11 Å². The molecule has 0 N–H and O–H groups in total. The number of Topliss-reactive ketones (excluding diaryl/α,β-unsaturated/α-hetero) is 1. The fourth-order valence-electron chi connectivity index (χ4n) is 1.82. The Kier molecular flexibility index (Phi) is 3.77. The highest BCUT2D eigenvalue weighted by atomic mass is 16.5. The molecule has 0 atom stereocenters. The zero-order valence-corrected chi connectivity index (χ0v) is 10.6. The molecule has 4 nitrogen and oxygen atoms in total. The number of rotatable bonds is 5. The lowest BCUT2D eigenvalue weighted by atomic mass is 10.1. The molecular weight excluding hydrogens is 228 g/mol. The Morgan fingerprint density at radius 3 is 2.89 bits per heavy atom. The smallest absolute Gasteiger partial charge is 0.144 e. The van der Waals surface area contributed by atoms with Crippen LogP contribution < -0.4 is 4.74 Å². The van der Waals surface area contributed by atoms with E-state index in [2.05, 4.69) is 4.98 Å². The number of carbonyl (C=O) groups excluding carboxylic acids is 1. The van der Waals surface area contributed by atoms with E-state index >= 15 is 0 Å². The lowest BCUT2D eigenvalue weighted by Crippen LogP contribution is -2.10. The molecule has 2 aromatic rings. The van der Waals surface area contributed by atoms with E-state index in [1.165, 1.54) is 0 Å². The molecule has 0 radical (unpaired) electrons. The summed E-state index contributed by atoms with van der Waals surface area (Å²) in [6.07, 6.45) is 4.31. The molecule has 1 aromatic carbocycles. The summed E-state index contributed by atoms with van der Waals surface area (Å²) in [4.78, 5) is 16.1. The van der Waals surface area contributed by atoms with Crippen molar-refractivity contribution in [3.8, 4) is 5.75 Å². The van der Waals surface area contributed by atoms with Gasteiger partial charge in [-0.1, -0.05) is 12.1 Å². The standard InChI is InChI=1S/C14H16N2O2/c1-16-7-6-15-14(16)10-12(17)8-11-4-3-5-13(9-11)18-2/h3-7,9H,8,10H2,1-2H3. The Morgan fingerprint density at radius 2 is 2.22 bits per heavy atom. The SMILES string of the molecule is COc1cccc(CC(=O)Cc2nccn2C)c1. The summed E-state index contributed by atoms with van der Waals surface area (Å²) in [5.74, 6) is 1.72. The van der Waals surface area contributed by atoms with Gasteiger partial charge in [0, 0.05) is 25.9 Å². The van der Waals surface area contributed by atoms with Gasteiger partial charge in [0.05, 0.1) is 13.5 Å². The van der Waals surface area contributed by atoms with Crippen LogP contribution >= 0.6 is 0 Å². The average Bonchev–Trinajstić information content (AvgIpc) is 2.75. The molecule has 18 heavy (non-hydrogen) atoms. The number of imidazole rings is 1. The van der Waals surface area contributed by atoms with Crippen LogP contribution in [-0.4, -0.2) is 22.4 Å². The molecule has 0 saturated heterocycles. The van der Waals surface area contributed by atoms with Gasteiger partial charge in [-0.2, -0.15) is 0 Å². The molecule has 2 rings (SSSR count). The number of hydrogen-bond donors (Lipinski definition) is 0. The number of nitrogens with zero attached hydrogens (tertiary/aromatic N) is 2. The van der Waals surface area contributed by atoms with Crippen LogP contribution in [0.1, 0.15) is 11.4 Å². The lowest BCUT2D eigenvalue weighted by molar-refractivity contribution is -0.117. The number of aromatic nitrogens is 2. The van der Waals surface area contributed by atoms with Gasteiger partial charge < -0.3 is 9.30 Å². The van der Waals surface area contributed by atoms with Crippen LogP contribution in [0, 0.1) is 0 Å². The molecule has 0 saturated carbocycles. The van der Waals surface area contributed by atoms with Gasteiger partial charge in [-0.25, -0.2) is 4.98 Å². The first-order valence-corrected chi connectivity index (χ1v) is 5.80. The van der Waals surface area contributed by atoms with Gasteiger partial charge in [-0.05, 0) is 17.7 Å². The number of ether oxygens (including phenoxy) is 1.